The zero-order chi connectivity index (χ0) is 14.7. The molecule has 0 aliphatic carbocycles. The molecule has 0 saturated carbocycles. The highest BCUT2D eigenvalue weighted by molar-refractivity contribution is 5.87. The van der Waals surface area contributed by atoms with Gasteiger partial charge in [0.25, 0.3) is 0 Å². The van der Waals surface area contributed by atoms with Gasteiger partial charge in [0.2, 0.25) is 11.8 Å². The van der Waals surface area contributed by atoms with Gasteiger partial charge in [-0.05, 0) is 26.2 Å². The fourth-order valence-electron chi connectivity index (χ4n) is 2.06. The smallest absolute Gasteiger partial charge is 0.245 e. The molecule has 1 atom stereocenters. The molecule has 1 unspecified atom stereocenters. The number of carbonyl (C=O) groups is 2. The fourth-order valence-corrected chi connectivity index (χ4v) is 2.06. The largest absolute Gasteiger partial charge is 0.344 e. The number of likely N-dealkylation sites (N-methyl/N-ethyl adjacent to an activating group) is 1. The lowest BCUT2D eigenvalue weighted by Gasteiger charge is -2.26. The maximum Gasteiger partial charge on any atom is 0.245 e. The van der Waals surface area contributed by atoms with E-state index in [0.717, 1.165) is 38.6 Å². The summed E-state index contributed by atoms with van der Waals surface area (Å²) in [6.45, 7) is 9.61. The van der Waals surface area contributed by atoms with Crippen molar-refractivity contribution in [3.8, 4) is 0 Å². The van der Waals surface area contributed by atoms with E-state index in [1.165, 1.54) is 0 Å². The summed E-state index contributed by atoms with van der Waals surface area (Å²) >= 11 is 0. The molecule has 0 aliphatic heterocycles. The zero-order valence-corrected chi connectivity index (χ0v) is 13.0. The summed E-state index contributed by atoms with van der Waals surface area (Å²) in [4.78, 5) is 26.0. The van der Waals surface area contributed by atoms with Crippen LogP contribution in [-0.4, -0.2) is 35.8 Å². The summed E-state index contributed by atoms with van der Waals surface area (Å²) < 4.78 is 0. The third kappa shape index (κ3) is 7.19. The van der Waals surface area contributed by atoms with Crippen LogP contribution < -0.4 is 5.32 Å². The van der Waals surface area contributed by atoms with Crippen LogP contribution in [0.3, 0.4) is 0 Å². The first kappa shape index (κ1) is 17.9. The van der Waals surface area contributed by atoms with E-state index in [2.05, 4.69) is 19.2 Å². The van der Waals surface area contributed by atoms with Gasteiger partial charge in [0.1, 0.15) is 6.04 Å². The first-order chi connectivity index (χ1) is 9.10. The standard InChI is InChI=1S/C15H30N2O2/c1-5-9-11-14(18)16-13(10-6-2)15(19)17(8-4)12-7-3/h13H,5-12H2,1-4H3,(H,16,18). The Balaban J connectivity index is 4.51. The summed E-state index contributed by atoms with van der Waals surface area (Å²) in [7, 11) is 0. The number of amides is 2. The molecular formula is C15H30N2O2. The second-order valence-corrected chi connectivity index (χ2v) is 4.93. The molecule has 0 aliphatic rings. The minimum Gasteiger partial charge on any atom is -0.344 e. The normalized spacial score (nSPS) is 12.0. The van der Waals surface area contributed by atoms with Crippen LogP contribution in [0.5, 0.6) is 0 Å². The van der Waals surface area contributed by atoms with Crippen molar-refractivity contribution < 1.29 is 9.59 Å². The lowest BCUT2D eigenvalue weighted by atomic mass is 10.1. The van der Waals surface area contributed by atoms with E-state index in [1.54, 1.807) is 0 Å². The molecule has 1 N–H and O–H groups in total. The highest BCUT2D eigenvalue weighted by Gasteiger charge is 2.23. The molecule has 0 radical (unpaired) electrons. The van der Waals surface area contributed by atoms with Crippen LogP contribution in [0.15, 0.2) is 0 Å². The Labute approximate surface area is 117 Å². The molecule has 0 fully saturated rings. The topological polar surface area (TPSA) is 49.4 Å². The van der Waals surface area contributed by atoms with E-state index in [4.69, 9.17) is 0 Å². The minimum absolute atomic E-state index is 0.00111. The predicted octanol–water partition coefficient (Wildman–Crippen LogP) is 2.72. The van der Waals surface area contributed by atoms with Crippen molar-refractivity contribution in [1.82, 2.24) is 10.2 Å². The van der Waals surface area contributed by atoms with Gasteiger partial charge >= 0.3 is 0 Å². The van der Waals surface area contributed by atoms with Crippen LogP contribution in [0.25, 0.3) is 0 Å². The van der Waals surface area contributed by atoms with Crippen molar-refractivity contribution in [2.45, 2.75) is 72.3 Å². The van der Waals surface area contributed by atoms with Crippen LogP contribution in [0.2, 0.25) is 0 Å². The van der Waals surface area contributed by atoms with Gasteiger partial charge in [0.05, 0.1) is 0 Å². The van der Waals surface area contributed by atoms with E-state index in [9.17, 15) is 9.59 Å². The highest BCUT2D eigenvalue weighted by Crippen LogP contribution is 2.05. The van der Waals surface area contributed by atoms with Gasteiger partial charge in [-0.3, -0.25) is 9.59 Å². The average molecular weight is 270 g/mol. The van der Waals surface area contributed by atoms with E-state index in [0.29, 0.717) is 13.0 Å². The maximum atomic E-state index is 12.4. The maximum absolute atomic E-state index is 12.4. The molecule has 0 spiro atoms. The molecule has 2 amide bonds. The molecule has 0 aromatic rings. The summed E-state index contributed by atoms with van der Waals surface area (Å²) in [6, 6.07) is -0.346. The Hall–Kier alpha value is -1.06. The van der Waals surface area contributed by atoms with Crippen LogP contribution >= 0.6 is 0 Å². The molecule has 0 aromatic heterocycles. The molecule has 4 heteroatoms. The van der Waals surface area contributed by atoms with Crippen molar-refractivity contribution in [1.29, 1.82) is 0 Å². The lowest BCUT2D eigenvalue weighted by Crippen LogP contribution is -2.48. The molecular weight excluding hydrogens is 240 g/mol. The van der Waals surface area contributed by atoms with Gasteiger partial charge in [0, 0.05) is 19.5 Å². The van der Waals surface area contributed by atoms with E-state index in [1.807, 2.05) is 18.7 Å². The summed E-state index contributed by atoms with van der Waals surface area (Å²) in [5.74, 6) is 0.0669. The first-order valence-electron chi connectivity index (χ1n) is 7.68. The number of carbonyl (C=O) groups excluding carboxylic acids is 2. The zero-order valence-electron chi connectivity index (χ0n) is 13.0. The lowest BCUT2D eigenvalue weighted by molar-refractivity contribution is -0.136. The molecule has 0 rings (SSSR count). The van der Waals surface area contributed by atoms with Gasteiger partial charge < -0.3 is 10.2 Å². The Morgan fingerprint density at radius 3 is 2.21 bits per heavy atom. The Bertz CT molecular complexity index is 267. The van der Waals surface area contributed by atoms with Gasteiger partial charge in [-0.2, -0.15) is 0 Å². The highest BCUT2D eigenvalue weighted by atomic mass is 16.2. The Morgan fingerprint density at radius 2 is 1.74 bits per heavy atom. The van der Waals surface area contributed by atoms with Gasteiger partial charge in [0.15, 0.2) is 0 Å². The number of unbranched alkanes of at least 4 members (excludes halogenated alkanes) is 1. The number of nitrogens with one attached hydrogen (secondary N) is 1. The van der Waals surface area contributed by atoms with Crippen LogP contribution in [0, 0.1) is 0 Å². The van der Waals surface area contributed by atoms with Crippen molar-refractivity contribution >= 4 is 11.8 Å². The van der Waals surface area contributed by atoms with Crippen molar-refractivity contribution in [2.75, 3.05) is 13.1 Å². The van der Waals surface area contributed by atoms with E-state index < -0.39 is 0 Å². The van der Waals surface area contributed by atoms with Crippen molar-refractivity contribution in [3.63, 3.8) is 0 Å². The van der Waals surface area contributed by atoms with Crippen LogP contribution in [0.4, 0.5) is 0 Å². The minimum atomic E-state index is -0.346. The van der Waals surface area contributed by atoms with Crippen molar-refractivity contribution in [3.05, 3.63) is 0 Å². The second kappa shape index (κ2) is 10.8. The Kier molecular flexibility index (Phi) is 10.2. The summed E-state index contributed by atoms with van der Waals surface area (Å²) in [6.07, 6.45) is 4.96. The summed E-state index contributed by atoms with van der Waals surface area (Å²) in [5, 5.41) is 2.90. The van der Waals surface area contributed by atoms with E-state index >= 15 is 0 Å². The molecule has 0 heterocycles. The number of nitrogens with zero attached hydrogens (tertiary/aromatic N) is 1. The van der Waals surface area contributed by atoms with Crippen LogP contribution in [-0.2, 0) is 9.59 Å². The predicted molar refractivity (Wildman–Crippen MR) is 78.9 cm³/mol. The molecule has 19 heavy (non-hydrogen) atoms. The number of hydrogen-bond acceptors (Lipinski definition) is 2. The quantitative estimate of drug-likeness (QED) is 0.663. The second-order valence-electron chi connectivity index (χ2n) is 4.93. The van der Waals surface area contributed by atoms with Crippen molar-refractivity contribution in [2.24, 2.45) is 0 Å². The van der Waals surface area contributed by atoms with Gasteiger partial charge in [-0.1, -0.05) is 33.6 Å². The third-order valence-corrected chi connectivity index (χ3v) is 3.15. The molecule has 0 aromatic carbocycles. The molecule has 112 valence electrons. The molecule has 0 bridgehead atoms. The fraction of sp³-hybridized carbons (Fsp3) is 0.867. The molecule has 4 nitrogen and oxygen atoms in total. The monoisotopic (exact) mass is 270 g/mol. The Morgan fingerprint density at radius 1 is 1.05 bits per heavy atom. The van der Waals surface area contributed by atoms with Gasteiger partial charge in [-0.25, -0.2) is 0 Å². The average Bonchev–Trinajstić information content (AvgIpc) is 2.41. The third-order valence-electron chi connectivity index (χ3n) is 3.15. The SMILES string of the molecule is CCCCC(=O)NC(CCC)C(=O)N(CC)CCC. The number of rotatable bonds is 10. The number of hydrogen-bond donors (Lipinski definition) is 1. The molecule has 0 saturated heterocycles. The van der Waals surface area contributed by atoms with E-state index in [-0.39, 0.29) is 17.9 Å². The summed E-state index contributed by atoms with van der Waals surface area (Å²) in [5.41, 5.74) is 0. The van der Waals surface area contributed by atoms with Gasteiger partial charge in [-0.15, -0.1) is 0 Å². The van der Waals surface area contributed by atoms with Crippen LogP contribution in [0.1, 0.15) is 66.2 Å². The first-order valence-corrected chi connectivity index (χ1v) is 7.68.